The molecule has 0 saturated heterocycles. The second-order valence-corrected chi connectivity index (χ2v) is 6.43. The van der Waals surface area contributed by atoms with Gasteiger partial charge in [0, 0.05) is 28.5 Å². The SMILES string of the molecule is O=Nn1c(=O)cc(CC(NC(=O)c2ccc(Cl)cc2)C(=O)O)c2ccccc21. The van der Waals surface area contributed by atoms with Crippen molar-refractivity contribution in [2.24, 2.45) is 5.29 Å². The summed E-state index contributed by atoms with van der Waals surface area (Å²) in [5.41, 5.74) is 0.204. The molecule has 1 amide bonds. The van der Waals surface area contributed by atoms with Gasteiger partial charge in [0.25, 0.3) is 11.5 Å². The highest BCUT2D eigenvalue weighted by Gasteiger charge is 2.23. The van der Waals surface area contributed by atoms with Gasteiger partial charge in [-0.1, -0.05) is 29.8 Å². The van der Waals surface area contributed by atoms with Crippen LogP contribution in [0, 0.1) is 4.91 Å². The Morgan fingerprint density at radius 2 is 1.82 bits per heavy atom. The molecule has 0 aliphatic carbocycles. The number of aliphatic carboxylic acids is 1. The molecule has 2 N–H and O–H groups in total. The van der Waals surface area contributed by atoms with Gasteiger partial charge in [0.2, 0.25) is 0 Å². The van der Waals surface area contributed by atoms with Gasteiger partial charge in [0.05, 0.1) is 10.8 Å². The van der Waals surface area contributed by atoms with Crippen molar-refractivity contribution >= 4 is 34.4 Å². The summed E-state index contributed by atoms with van der Waals surface area (Å²) in [5.74, 6) is -1.85. The predicted octanol–water partition coefficient (Wildman–Crippen LogP) is 2.61. The van der Waals surface area contributed by atoms with Crippen molar-refractivity contribution in [1.82, 2.24) is 9.99 Å². The number of fused-ring (bicyclic) bond motifs is 1. The fraction of sp³-hybridized carbons (Fsp3) is 0.105. The molecule has 1 unspecified atom stereocenters. The van der Waals surface area contributed by atoms with Crippen molar-refractivity contribution in [2.45, 2.75) is 12.5 Å². The Morgan fingerprint density at radius 3 is 2.46 bits per heavy atom. The molecule has 3 rings (SSSR count). The molecular weight excluding hydrogens is 386 g/mol. The van der Waals surface area contributed by atoms with Crippen LogP contribution in [-0.4, -0.2) is 27.7 Å². The summed E-state index contributed by atoms with van der Waals surface area (Å²) >= 11 is 5.79. The summed E-state index contributed by atoms with van der Waals surface area (Å²) in [6.45, 7) is 0. The first kappa shape index (κ1) is 19.2. The Labute approximate surface area is 163 Å². The Hall–Kier alpha value is -3.52. The fourth-order valence-electron chi connectivity index (χ4n) is 2.85. The number of halogens is 1. The molecular formula is C19H14ClN3O5. The van der Waals surface area contributed by atoms with Crippen LogP contribution in [0.3, 0.4) is 0 Å². The third kappa shape index (κ3) is 3.91. The van der Waals surface area contributed by atoms with Crippen LogP contribution in [-0.2, 0) is 11.2 Å². The van der Waals surface area contributed by atoms with Gasteiger partial charge in [-0.15, -0.1) is 4.91 Å². The van der Waals surface area contributed by atoms with Gasteiger partial charge in [-0.25, -0.2) is 4.79 Å². The summed E-state index contributed by atoms with van der Waals surface area (Å²) in [7, 11) is 0. The van der Waals surface area contributed by atoms with Gasteiger partial charge in [-0.3, -0.25) is 9.59 Å². The third-order valence-corrected chi connectivity index (χ3v) is 4.45. The molecule has 3 aromatic rings. The van der Waals surface area contributed by atoms with E-state index in [-0.39, 0.29) is 17.5 Å². The van der Waals surface area contributed by atoms with Crippen molar-refractivity contribution in [2.75, 3.05) is 0 Å². The molecule has 142 valence electrons. The summed E-state index contributed by atoms with van der Waals surface area (Å²) in [5, 5.41) is 15.6. The summed E-state index contributed by atoms with van der Waals surface area (Å²) in [6.07, 6.45) is -0.149. The number of carboxylic acids is 1. The largest absolute Gasteiger partial charge is 0.480 e. The number of rotatable bonds is 6. The van der Waals surface area contributed by atoms with E-state index in [1.54, 1.807) is 18.2 Å². The van der Waals surface area contributed by atoms with Crippen LogP contribution in [0.5, 0.6) is 0 Å². The molecule has 0 spiro atoms. The normalized spacial score (nSPS) is 11.8. The number of aromatic nitrogens is 1. The van der Waals surface area contributed by atoms with Gasteiger partial charge < -0.3 is 10.4 Å². The maximum Gasteiger partial charge on any atom is 0.326 e. The van der Waals surface area contributed by atoms with Gasteiger partial charge >= 0.3 is 5.97 Å². The molecule has 0 radical (unpaired) electrons. The Bertz CT molecular complexity index is 1120. The molecule has 1 aromatic heterocycles. The average Bonchev–Trinajstić information content (AvgIpc) is 2.68. The summed E-state index contributed by atoms with van der Waals surface area (Å²) in [6, 6.07) is 12.3. The van der Waals surface area contributed by atoms with E-state index in [9.17, 15) is 24.4 Å². The molecule has 8 nitrogen and oxygen atoms in total. The third-order valence-electron chi connectivity index (χ3n) is 4.20. The summed E-state index contributed by atoms with van der Waals surface area (Å²) < 4.78 is 0.695. The molecule has 0 bridgehead atoms. The maximum absolute atomic E-state index is 12.4. The zero-order valence-electron chi connectivity index (χ0n) is 14.3. The van der Waals surface area contributed by atoms with Crippen LogP contribution in [0.2, 0.25) is 5.02 Å². The van der Waals surface area contributed by atoms with Crippen LogP contribution in [0.4, 0.5) is 0 Å². The number of carboxylic acid groups (broad SMARTS) is 1. The lowest BCUT2D eigenvalue weighted by molar-refractivity contribution is -0.139. The average molecular weight is 400 g/mol. The van der Waals surface area contributed by atoms with Crippen LogP contribution >= 0.6 is 11.6 Å². The topological polar surface area (TPSA) is 118 Å². The zero-order chi connectivity index (χ0) is 20.3. The first-order valence-corrected chi connectivity index (χ1v) is 8.55. The Morgan fingerprint density at radius 1 is 1.14 bits per heavy atom. The minimum absolute atomic E-state index is 0.149. The lowest BCUT2D eigenvalue weighted by atomic mass is 10.0. The van der Waals surface area contributed by atoms with Crippen LogP contribution in [0.15, 0.2) is 64.7 Å². The highest BCUT2D eigenvalue weighted by Crippen LogP contribution is 2.19. The molecule has 1 heterocycles. The van der Waals surface area contributed by atoms with E-state index < -0.39 is 23.5 Å². The van der Waals surface area contributed by atoms with Crippen LogP contribution < -0.4 is 10.9 Å². The number of amides is 1. The van der Waals surface area contributed by atoms with Crippen molar-refractivity contribution in [1.29, 1.82) is 0 Å². The zero-order valence-corrected chi connectivity index (χ0v) is 15.1. The highest BCUT2D eigenvalue weighted by molar-refractivity contribution is 6.30. The van der Waals surface area contributed by atoms with Gasteiger partial charge in [-0.2, -0.15) is 4.68 Å². The summed E-state index contributed by atoms with van der Waals surface area (Å²) in [4.78, 5) is 47.1. The smallest absolute Gasteiger partial charge is 0.326 e. The van der Waals surface area contributed by atoms with Crippen LogP contribution in [0.25, 0.3) is 10.9 Å². The lowest BCUT2D eigenvalue weighted by Gasteiger charge is -2.16. The number of pyridine rings is 1. The number of carbonyl (C=O) groups excluding carboxylic acids is 1. The molecule has 9 heteroatoms. The number of hydrogen-bond acceptors (Lipinski definition) is 5. The highest BCUT2D eigenvalue weighted by atomic mass is 35.5. The van der Waals surface area contributed by atoms with Crippen molar-refractivity contribution in [3.63, 3.8) is 0 Å². The molecule has 0 aliphatic rings. The quantitative estimate of drug-likeness (QED) is 0.618. The molecule has 1 atom stereocenters. The number of carbonyl (C=O) groups is 2. The van der Waals surface area contributed by atoms with Crippen molar-refractivity contribution < 1.29 is 14.7 Å². The first-order chi connectivity index (χ1) is 13.4. The number of nitrogens with one attached hydrogen (secondary N) is 1. The fourth-order valence-corrected chi connectivity index (χ4v) is 2.98. The number of para-hydroxylation sites is 1. The Kier molecular flexibility index (Phi) is 5.51. The van der Waals surface area contributed by atoms with Gasteiger partial charge in [0.15, 0.2) is 0 Å². The van der Waals surface area contributed by atoms with E-state index >= 15 is 0 Å². The van der Waals surface area contributed by atoms with E-state index in [4.69, 9.17) is 11.6 Å². The number of nitrogens with zero attached hydrogens (tertiary/aromatic N) is 2. The second kappa shape index (κ2) is 8.01. The van der Waals surface area contributed by atoms with E-state index in [0.29, 0.717) is 20.6 Å². The lowest BCUT2D eigenvalue weighted by Crippen LogP contribution is -2.42. The number of nitroso groups, excluding NO2 is 1. The first-order valence-electron chi connectivity index (χ1n) is 8.17. The number of benzene rings is 2. The molecule has 0 aliphatic heterocycles. The van der Waals surface area contributed by atoms with Gasteiger partial charge in [-0.05, 0) is 35.9 Å². The van der Waals surface area contributed by atoms with E-state index in [1.165, 1.54) is 30.3 Å². The maximum atomic E-state index is 12.4. The predicted molar refractivity (Wildman–Crippen MR) is 103 cm³/mol. The molecule has 2 aromatic carbocycles. The van der Waals surface area contributed by atoms with Gasteiger partial charge in [0.1, 0.15) is 6.04 Å². The van der Waals surface area contributed by atoms with Crippen molar-refractivity contribution in [3.8, 4) is 0 Å². The van der Waals surface area contributed by atoms with E-state index in [1.807, 2.05) is 0 Å². The van der Waals surface area contributed by atoms with Crippen LogP contribution in [0.1, 0.15) is 15.9 Å². The second-order valence-electron chi connectivity index (χ2n) is 5.99. The monoisotopic (exact) mass is 399 g/mol. The van der Waals surface area contributed by atoms with E-state index in [0.717, 1.165) is 6.07 Å². The number of hydrogen-bond donors (Lipinski definition) is 2. The molecule has 28 heavy (non-hydrogen) atoms. The van der Waals surface area contributed by atoms with E-state index in [2.05, 4.69) is 10.6 Å². The standard InChI is InChI=1S/C19H14ClN3O5/c20-13-7-5-11(6-8-13)18(25)21-15(19(26)27)9-12-10-17(24)23(22-28)16-4-2-1-3-14(12)16/h1-8,10,15H,9H2,(H,21,25)(H,26,27). The Balaban J connectivity index is 1.94. The molecule has 0 fully saturated rings. The minimum atomic E-state index is -1.29. The minimum Gasteiger partial charge on any atom is -0.480 e. The molecule has 0 saturated carbocycles. The van der Waals surface area contributed by atoms with Crippen molar-refractivity contribution in [3.05, 3.63) is 86.0 Å².